The van der Waals surface area contributed by atoms with Gasteiger partial charge in [0.15, 0.2) is 0 Å². The number of rotatable bonds is 11. The summed E-state index contributed by atoms with van der Waals surface area (Å²) in [5.41, 5.74) is 1.81. The van der Waals surface area contributed by atoms with Crippen LogP contribution in [-0.2, 0) is 4.79 Å². The maximum Gasteiger partial charge on any atom is 0.315 e. The molecule has 2 rings (SSSR count). The number of nitrogens with one attached hydrogen (secondary N) is 3. The standard InChI is InChI=1S/C14H26N4O2S3/c15-5-7-22-23-8-6-16-12(19)4-2-1-3-11-13-10(9-21-11)17-14(20)18-13/h10-11,13H,1-9,15H2,(H,16,19)(H2,17,18,20)/t10?,11-,13?/m0/s1/i7D2,8D2. The number of carbonyl (C=O) groups excluding carboxylic acids is 2. The van der Waals surface area contributed by atoms with Crippen LogP contribution >= 0.6 is 33.3 Å². The molecule has 0 aliphatic carbocycles. The fourth-order valence-electron chi connectivity index (χ4n) is 2.62. The first kappa shape index (κ1) is 14.0. The van der Waals surface area contributed by atoms with Gasteiger partial charge in [0, 0.05) is 47.4 Å². The first-order valence-electron chi connectivity index (χ1n) is 9.64. The molecular weight excluding hydrogens is 352 g/mol. The van der Waals surface area contributed by atoms with Gasteiger partial charge in [-0.3, -0.25) is 4.79 Å². The van der Waals surface area contributed by atoms with Crippen molar-refractivity contribution in [2.75, 3.05) is 30.3 Å². The van der Waals surface area contributed by atoms with E-state index in [0.29, 0.717) is 18.1 Å². The highest BCUT2D eigenvalue weighted by molar-refractivity contribution is 8.76. The smallest absolute Gasteiger partial charge is 0.315 e. The van der Waals surface area contributed by atoms with Gasteiger partial charge in [0.25, 0.3) is 0 Å². The third-order valence-electron chi connectivity index (χ3n) is 3.68. The second kappa shape index (κ2) is 10.6. The predicted molar refractivity (Wildman–Crippen MR) is 101 cm³/mol. The SMILES string of the molecule is [2H]C([2H])(CN)SSC([2H])([2H])CNC(=O)CCCC[C@@H]1SCC2NC(=O)NC21. The van der Waals surface area contributed by atoms with Crippen LogP contribution in [-0.4, -0.2) is 59.5 Å². The minimum atomic E-state index is -1.77. The zero-order valence-corrected chi connectivity index (χ0v) is 15.2. The first-order chi connectivity index (χ1) is 12.6. The van der Waals surface area contributed by atoms with Crippen LogP contribution in [0.3, 0.4) is 0 Å². The molecule has 5 N–H and O–H groups in total. The van der Waals surface area contributed by atoms with Crippen molar-refractivity contribution in [3.63, 3.8) is 0 Å². The molecule has 2 fully saturated rings. The molecule has 2 saturated heterocycles. The van der Waals surface area contributed by atoms with Crippen LogP contribution in [0.4, 0.5) is 4.79 Å². The molecule has 3 amide bonds. The fourth-order valence-corrected chi connectivity index (χ4v) is 5.21. The lowest BCUT2D eigenvalue weighted by Crippen LogP contribution is -2.36. The number of nitrogens with two attached hydrogens (primary N) is 1. The van der Waals surface area contributed by atoms with Gasteiger partial charge < -0.3 is 21.7 Å². The second-order valence-electron chi connectivity index (χ2n) is 5.30. The Morgan fingerprint density at radius 3 is 3.04 bits per heavy atom. The van der Waals surface area contributed by atoms with Crippen molar-refractivity contribution < 1.29 is 15.1 Å². The highest BCUT2D eigenvalue weighted by atomic mass is 33.1. The molecule has 132 valence electrons. The van der Waals surface area contributed by atoms with Crippen LogP contribution in [0.1, 0.15) is 31.2 Å². The molecule has 0 aromatic heterocycles. The van der Waals surface area contributed by atoms with Gasteiger partial charge in [-0.05, 0) is 12.8 Å². The van der Waals surface area contributed by atoms with Gasteiger partial charge in [-0.2, -0.15) is 11.8 Å². The van der Waals surface area contributed by atoms with Gasteiger partial charge >= 0.3 is 6.03 Å². The van der Waals surface area contributed by atoms with Gasteiger partial charge in [-0.1, -0.05) is 28.0 Å². The Kier molecular flexibility index (Phi) is 6.43. The Balaban J connectivity index is 1.57. The molecule has 6 nitrogen and oxygen atoms in total. The fraction of sp³-hybridized carbons (Fsp3) is 0.857. The topological polar surface area (TPSA) is 96.2 Å². The number of thioether (sulfide) groups is 1. The average Bonchev–Trinajstić information content (AvgIpc) is 3.15. The highest BCUT2D eigenvalue weighted by Gasteiger charge is 2.42. The highest BCUT2D eigenvalue weighted by Crippen LogP contribution is 2.33. The average molecular weight is 383 g/mol. The lowest BCUT2D eigenvalue weighted by atomic mass is 10.0. The molecule has 0 radical (unpaired) electrons. The van der Waals surface area contributed by atoms with Crippen LogP contribution in [0, 0.1) is 0 Å². The van der Waals surface area contributed by atoms with E-state index in [2.05, 4.69) is 16.0 Å². The summed E-state index contributed by atoms with van der Waals surface area (Å²) in [5.74, 6) is 0.709. The van der Waals surface area contributed by atoms with E-state index in [0.717, 1.165) is 40.2 Å². The molecule has 2 aliphatic heterocycles. The Bertz CT molecular complexity index is 544. The molecule has 3 atom stereocenters. The summed E-state index contributed by atoms with van der Waals surface area (Å²) in [5, 5.41) is 8.80. The third-order valence-corrected chi connectivity index (χ3v) is 6.78. The number of fused-ring (bicyclic) bond motifs is 1. The summed E-state index contributed by atoms with van der Waals surface area (Å²) in [6, 6.07) is 0.283. The number of hydrogen-bond donors (Lipinski definition) is 4. The minimum Gasteiger partial charge on any atom is -0.355 e. The number of amides is 3. The molecule has 9 heteroatoms. The molecule has 0 spiro atoms. The maximum absolute atomic E-state index is 11.9. The summed E-state index contributed by atoms with van der Waals surface area (Å²) in [6.07, 6.45) is 2.84. The van der Waals surface area contributed by atoms with Crippen molar-refractivity contribution >= 4 is 45.3 Å². The predicted octanol–water partition coefficient (Wildman–Crippen LogP) is 1.17. The summed E-state index contributed by atoms with van der Waals surface area (Å²) in [4.78, 5) is 23.3. The number of unbranched alkanes of at least 4 members (excludes halogenated alkanes) is 1. The van der Waals surface area contributed by atoms with Crippen LogP contribution in [0.25, 0.3) is 0 Å². The summed E-state index contributed by atoms with van der Waals surface area (Å²) >= 11 is 1.85. The second-order valence-corrected chi connectivity index (χ2v) is 8.49. The minimum absolute atomic E-state index is 0.0977. The van der Waals surface area contributed by atoms with Crippen molar-refractivity contribution in [2.45, 2.75) is 43.0 Å². The zero-order valence-electron chi connectivity index (χ0n) is 16.8. The molecule has 0 aromatic rings. The van der Waals surface area contributed by atoms with Crippen LogP contribution < -0.4 is 21.7 Å². The van der Waals surface area contributed by atoms with E-state index < -0.39 is 11.4 Å². The zero-order chi connectivity index (χ0) is 20.1. The van der Waals surface area contributed by atoms with Crippen LogP contribution in [0.2, 0.25) is 0 Å². The van der Waals surface area contributed by atoms with E-state index >= 15 is 0 Å². The van der Waals surface area contributed by atoms with Crippen LogP contribution in [0.5, 0.6) is 0 Å². The molecule has 0 bridgehead atoms. The van der Waals surface area contributed by atoms with Crippen molar-refractivity contribution in [1.29, 1.82) is 0 Å². The lowest BCUT2D eigenvalue weighted by molar-refractivity contribution is -0.121. The number of carbonyl (C=O) groups is 2. The molecule has 0 aromatic carbocycles. The third kappa shape index (κ3) is 6.64. The summed E-state index contributed by atoms with van der Waals surface area (Å²) < 4.78 is 30.7. The molecule has 2 heterocycles. The number of hydrogen-bond acceptors (Lipinski definition) is 6. The van der Waals surface area contributed by atoms with Gasteiger partial charge in [0.2, 0.25) is 5.91 Å². The Labute approximate surface area is 155 Å². The van der Waals surface area contributed by atoms with Crippen molar-refractivity contribution in [2.24, 2.45) is 5.73 Å². The van der Waals surface area contributed by atoms with Gasteiger partial charge in [0.05, 0.1) is 12.1 Å². The van der Waals surface area contributed by atoms with E-state index in [4.69, 9.17) is 11.2 Å². The first-order valence-corrected chi connectivity index (χ1v) is 10.8. The number of urea groups is 1. The summed E-state index contributed by atoms with van der Waals surface area (Å²) in [6.45, 7) is -0.377. The largest absolute Gasteiger partial charge is 0.355 e. The monoisotopic (exact) mass is 382 g/mol. The van der Waals surface area contributed by atoms with E-state index in [9.17, 15) is 9.59 Å². The molecule has 0 saturated carbocycles. The normalized spacial score (nSPS) is 29.6. The maximum atomic E-state index is 11.9. The lowest BCUT2D eigenvalue weighted by Gasteiger charge is -2.16. The Morgan fingerprint density at radius 1 is 1.39 bits per heavy atom. The molecular formula is C14H26N4O2S3. The Hall–Kier alpha value is -0.250. The van der Waals surface area contributed by atoms with Gasteiger partial charge in [-0.15, -0.1) is 0 Å². The Morgan fingerprint density at radius 2 is 2.22 bits per heavy atom. The quantitative estimate of drug-likeness (QED) is 0.243. The van der Waals surface area contributed by atoms with E-state index in [1.165, 1.54) is 0 Å². The van der Waals surface area contributed by atoms with E-state index in [-0.39, 0.29) is 37.1 Å². The van der Waals surface area contributed by atoms with Crippen molar-refractivity contribution in [3.05, 3.63) is 0 Å². The molecule has 23 heavy (non-hydrogen) atoms. The van der Waals surface area contributed by atoms with Crippen LogP contribution in [0.15, 0.2) is 0 Å². The van der Waals surface area contributed by atoms with Crippen molar-refractivity contribution in [1.82, 2.24) is 16.0 Å². The van der Waals surface area contributed by atoms with E-state index in [1.807, 2.05) is 11.8 Å². The molecule has 2 aliphatic rings. The van der Waals surface area contributed by atoms with Gasteiger partial charge in [0.1, 0.15) is 0 Å². The van der Waals surface area contributed by atoms with Crippen molar-refractivity contribution in [3.8, 4) is 0 Å². The van der Waals surface area contributed by atoms with E-state index in [1.54, 1.807) is 0 Å². The molecule has 2 unspecified atom stereocenters. The van der Waals surface area contributed by atoms with Gasteiger partial charge in [-0.25, -0.2) is 4.79 Å². The summed E-state index contributed by atoms with van der Waals surface area (Å²) in [7, 11) is 1.49.